The van der Waals surface area contributed by atoms with Gasteiger partial charge in [0.05, 0.1) is 28.9 Å². The van der Waals surface area contributed by atoms with Crippen molar-refractivity contribution in [1.29, 1.82) is 5.26 Å². The number of nitriles is 1. The topological polar surface area (TPSA) is 65.8 Å². The summed E-state index contributed by atoms with van der Waals surface area (Å²) in [6.45, 7) is 0. The van der Waals surface area contributed by atoms with Gasteiger partial charge in [-0.2, -0.15) is 5.26 Å². The Kier molecular flexibility index (Phi) is 3.15. The maximum absolute atomic E-state index is 13.5. The summed E-state index contributed by atoms with van der Waals surface area (Å²) < 4.78 is 13.5. The molecule has 1 aromatic heterocycles. The van der Waals surface area contributed by atoms with Crippen LogP contribution in [0, 0.1) is 17.1 Å². The molecule has 0 saturated heterocycles. The van der Waals surface area contributed by atoms with Gasteiger partial charge in [-0.1, -0.05) is 12.1 Å². The summed E-state index contributed by atoms with van der Waals surface area (Å²) in [5, 5.41) is 11.4. The molecule has 1 amide bonds. The Bertz CT molecular complexity index is 730. The van der Waals surface area contributed by atoms with Gasteiger partial charge in [-0.3, -0.25) is 9.78 Å². The number of anilines is 1. The number of hydrogen-bond acceptors (Lipinski definition) is 3. The minimum atomic E-state index is -0.607. The lowest BCUT2D eigenvalue weighted by Crippen LogP contribution is -2.28. The van der Waals surface area contributed by atoms with Crippen LogP contribution >= 0.6 is 0 Å². The summed E-state index contributed by atoms with van der Waals surface area (Å²) in [5.74, 6) is -0.779. The van der Waals surface area contributed by atoms with E-state index in [9.17, 15) is 9.18 Å². The van der Waals surface area contributed by atoms with E-state index in [0.717, 1.165) is 24.6 Å². The second-order valence-corrected chi connectivity index (χ2v) is 5.08. The summed E-state index contributed by atoms with van der Waals surface area (Å²) in [5.41, 5.74) is 0.933. The number of benzene rings is 1. The molecule has 3 rings (SSSR count). The van der Waals surface area contributed by atoms with Crippen LogP contribution in [0.2, 0.25) is 0 Å². The number of rotatable bonds is 3. The van der Waals surface area contributed by atoms with Crippen molar-refractivity contribution in [3.63, 3.8) is 0 Å². The van der Waals surface area contributed by atoms with Crippen LogP contribution in [-0.4, -0.2) is 10.9 Å². The fourth-order valence-corrected chi connectivity index (χ4v) is 2.35. The number of pyridine rings is 1. The van der Waals surface area contributed by atoms with E-state index in [2.05, 4.69) is 10.3 Å². The van der Waals surface area contributed by atoms with Crippen molar-refractivity contribution in [2.45, 2.75) is 18.3 Å². The quantitative estimate of drug-likeness (QED) is 0.940. The van der Waals surface area contributed by atoms with Crippen molar-refractivity contribution in [2.24, 2.45) is 0 Å². The zero-order valence-electron chi connectivity index (χ0n) is 11.1. The lowest BCUT2D eigenvalue weighted by molar-refractivity contribution is -0.118. The molecule has 1 N–H and O–H groups in total. The number of nitrogens with one attached hydrogen (secondary N) is 1. The lowest BCUT2D eigenvalue weighted by atomic mass is 9.94. The van der Waals surface area contributed by atoms with Crippen molar-refractivity contribution >= 4 is 11.6 Å². The Morgan fingerprint density at radius 1 is 1.29 bits per heavy atom. The molecule has 1 aromatic carbocycles. The van der Waals surface area contributed by atoms with E-state index in [1.165, 1.54) is 12.3 Å². The third-order valence-corrected chi connectivity index (χ3v) is 3.77. The van der Waals surface area contributed by atoms with Gasteiger partial charge in [-0.25, -0.2) is 4.39 Å². The monoisotopic (exact) mass is 281 g/mol. The summed E-state index contributed by atoms with van der Waals surface area (Å²) in [6.07, 6.45) is 3.94. The molecule has 0 unspecified atom stereocenters. The second kappa shape index (κ2) is 4.98. The first kappa shape index (κ1) is 13.3. The van der Waals surface area contributed by atoms with Crippen LogP contribution in [0.15, 0.2) is 42.7 Å². The Morgan fingerprint density at radius 2 is 2.00 bits per heavy atom. The third kappa shape index (κ3) is 2.36. The summed E-state index contributed by atoms with van der Waals surface area (Å²) in [4.78, 5) is 16.1. The summed E-state index contributed by atoms with van der Waals surface area (Å²) in [6, 6.07) is 10.4. The highest BCUT2D eigenvalue weighted by Gasteiger charge is 2.51. The number of halogens is 1. The van der Waals surface area contributed by atoms with Gasteiger partial charge in [-0.05, 0) is 36.6 Å². The van der Waals surface area contributed by atoms with Gasteiger partial charge in [0.1, 0.15) is 0 Å². The number of carbonyl (C=O) groups excluding carboxylic acids is 1. The molecule has 1 saturated carbocycles. The number of hydrogen-bond donors (Lipinski definition) is 1. The van der Waals surface area contributed by atoms with Crippen LogP contribution in [0.4, 0.5) is 10.1 Å². The van der Waals surface area contributed by atoms with Gasteiger partial charge < -0.3 is 5.32 Å². The van der Waals surface area contributed by atoms with Gasteiger partial charge in [0, 0.05) is 6.20 Å². The largest absolute Gasteiger partial charge is 0.323 e. The van der Waals surface area contributed by atoms with E-state index in [1.807, 2.05) is 6.07 Å². The van der Waals surface area contributed by atoms with E-state index in [4.69, 9.17) is 5.26 Å². The molecule has 4 nitrogen and oxygen atoms in total. The van der Waals surface area contributed by atoms with E-state index < -0.39 is 11.2 Å². The lowest BCUT2D eigenvalue weighted by Gasteiger charge is -2.16. The molecule has 0 aliphatic heterocycles. The molecule has 1 aliphatic carbocycles. The Labute approximate surface area is 121 Å². The fraction of sp³-hybridized carbons (Fsp3) is 0.188. The second-order valence-electron chi connectivity index (χ2n) is 5.08. The van der Waals surface area contributed by atoms with Crippen LogP contribution in [0.5, 0.6) is 0 Å². The van der Waals surface area contributed by atoms with Crippen molar-refractivity contribution in [2.75, 3.05) is 5.32 Å². The summed E-state index contributed by atoms with van der Waals surface area (Å²) >= 11 is 0. The zero-order chi connectivity index (χ0) is 14.9. The fourth-order valence-electron chi connectivity index (χ4n) is 2.35. The average molecular weight is 281 g/mol. The molecule has 1 heterocycles. The first-order chi connectivity index (χ1) is 10.2. The zero-order valence-corrected chi connectivity index (χ0v) is 11.1. The predicted molar refractivity (Wildman–Crippen MR) is 74.9 cm³/mol. The number of carbonyl (C=O) groups is 1. The normalized spacial score (nSPS) is 15.0. The van der Waals surface area contributed by atoms with Crippen LogP contribution in [-0.2, 0) is 10.2 Å². The maximum atomic E-state index is 13.5. The van der Waals surface area contributed by atoms with E-state index >= 15 is 0 Å². The molecule has 21 heavy (non-hydrogen) atoms. The molecule has 104 valence electrons. The molecular formula is C16H12FN3O. The highest BCUT2D eigenvalue weighted by atomic mass is 19.1. The third-order valence-electron chi connectivity index (χ3n) is 3.77. The van der Waals surface area contributed by atoms with E-state index in [0.29, 0.717) is 5.56 Å². The van der Waals surface area contributed by atoms with Gasteiger partial charge >= 0.3 is 0 Å². The Morgan fingerprint density at radius 3 is 2.57 bits per heavy atom. The van der Waals surface area contributed by atoms with Gasteiger partial charge in [0.25, 0.3) is 0 Å². The maximum Gasteiger partial charge on any atom is 0.235 e. The van der Waals surface area contributed by atoms with Crippen molar-refractivity contribution in [1.82, 2.24) is 4.98 Å². The van der Waals surface area contributed by atoms with Gasteiger partial charge in [-0.15, -0.1) is 0 Å². The smallest absolute Gasteiger partial charge is 0.235 e. The molecule has 0 bridgehead atoms. The minimum Gasteiger partial charge on any atom is -0.323 e. The van der Waals surface area contributed by atoms with Crippen LogP contribution < -0.4 is 5.32 Å². The van der Waals surface area contributed by atoms with Crippen LogP contribution in [0.25, 0.3) is 0 Å². The molecule has 0 radical (unpaired) electrons. The molecular weight excluding hydrogens is 269 g/mol. The highest BCUT2D eigenvalue weighted by Crippen LogP contribution is 2.49. The van der Waals surface area contributed by atoms with E-state index in [1.54, 1.807) is 24.3 Å². The number of amides is 1. The number of nitrogens with zero attached hydrogens (tertiary/aromatic N) is 2. The first-order valence-electron chi connectivity index (χ1n) is 6.57. The molecule has 2 aromatic rings. The van der Waals surface area contributed by atoms with Gasteiger partial charge in [0.15, 0.2) is 5.82 Å². The minimum absolute atomic E-state index is 0.134. The number of aromatic nitrogens is 1. The highest BCUT2D eigenvalue weighted by molar-refractivity contribution is 6.01. The molecule has 0 spiro atoms. The molecule has 1 aliphatic rings. The Balaban J connectivity index is 1.83. The summed E-state index contributed by atoms with van der Waals surface area (Å²) in [7, 11) is 0. The molecule has 5 heteroatoms. The molecule has 0 atom stereocenters. The van der Waals surface area contributed by atoms with Crippen molar-refractivity contribution in [3.8, 4) is 6.07 Å². The predicted octanol–water partition coefficient (Wildman–Crippen LogP) is 2.76. The van der Waals surface area contributed by atoms with Crippen LogP contribution in [0.1, 0.15) is 24.0 Å². The SMILES string of the molecule is N#Cc1ccc(C2(C(=O)Nc3ccncc3F)CC2)cc1. The van der Waals surface area contributed by atoms with E-state index in [-0.39, 0.29) is 11.6 Å². The average Bonchev–Trinajstić information content (AvgIpc) is 3.31. The first-order valence-corrected chi connectivity index (χ1v) is 6.57. The molecule has 1 fully saturated rings. The van der Waals surface area contributed by atoms with Crippen LogP contribution in [0.3, 0.4) is 0 Å². The standard InChI is InChI=1S/C16H12FN3O/c17-13-10-19-8-5-14(13)20-15(21)16(6-7-16)12-3-1-11(9-18)2-4-12/h1-5,8,10H,6-7H2,(H,19,20,21). The van der Waals surface area contributed by atoms with Crippen molar-refractivity contribution < 1.29 is 9.18 Å². The van der Waals surface area contributed by atoms with Gasteiger partial charge in [0.2, 0.25) is 5.91 Å². The van der Waals surface area contributed by atoms with Crippen molar-refractivity contribution in [3.05, 3.63) is 59.7 Å². The Hall–Kier alpha value is -2.74.